The minimum Gasteiger partial charge on any atom is -0.486 e. The first-order valence-corrected chi connectivity index (χ1v) is 13.0. The molecule has 11 heteroatoms. The van der Waals surface area contributed by atoms with Crippen LogP contribution in [0.4, 0.5) is 5.69 Å². The first-order chi connectivity index (χ1) is 15.4. The van der Waals surface area contributed by atoms with Gasteiger partial charge in [-0.15, -0.1) is 0 Å². The van der Waals surface area contributed by atoms with E-state index in [2.05, 4.69) is 20.0 Å². The lowest BCUT2D eigenvalue weighted by Gasteiger charge is -2.12. The molecule has 3 aromatic rings. The Balaban J connectivity index is 1.43. The Labute approximate surface area is 202 Å². The lowest BCUT2D eigenvalue weighted by atomic mass is 10.3. The van der Waals surface area contributed by atoms with Crippen LogP contribution in [-0.4, -0.2) is 34.2 Å². The van der Waals surface area contributed by atoms with Crippen LogP contribution in [-0.2, 0) is 23.2 Å². The number of anilines is 1. The van der Waals surface area contributed by atoms with Crippen molar-refractivity contribution >= 4 is 55.6 Å². The Kier molecular flexibility index (Phi) is 9.10. The average Bonchev–Trinajstić information content (AvgIpc) is 2.78. The molecule has 3 rings (SSSR count). The Hall–Kier alpha value is -2.40. The summed E-state index contributed by atoms with van der Waals surface area (Å²) in [4.78, 5) is 8.21. The Morgan fingerprint density at radius 2 is 2.03 bits per heavy atom. The second-order valence-electron chi connectivity index (χ2n) is 6.53. The first-order valence-electron chi connectivity index (χ1n) is 9.53. The molecule has 7 nitrogen and oxygen atoms in total. The number of pyridine rings is 2. The zero-order valence-corrected chi connectivity index (χ0v) is 20.1. The van der Waals surface area contributed by atoms with E-state index in [9.17, 15) is 8.42 Å². The van der Waals surface area contributed by atoms with Gasteiger partial charge in [-0.05, 0) is 42.0 Å². The van der Waals surface area contributed by atoms with Crippen molar-refractivity contribution in [2.75, 3.05) is 16.2 Å². The summed E-state index contributed by atoms with van der Waals surface area (Å²) in [6.07, 6.45) is 5.12. The molecule has 2 heterocycles. The molecule has 2 aromatic heterocycles. The van der Waals surface area contributed by atoms with Crippen molar-refractivity contribution in [3.05, 3.63) is 83.4 Å². The summed E-state index contributed by atoms with van der Waals surface area (Å²) in [5.74, 6) is 0.663. The van der Waals surface area contributed by atoms with Gasteiger partial charge < -0.3 is 10.1 Å². The predicted molar refractivity (Wildman–Crippen MR) is 134 cm³/mol. The van der Waals surface area contributed by atoms with Gasteiger partial charge in [-0.1, -0.05) is 47.7 Å². The number of nitrogens with zero attached hydrogens (tertiary/aromatic N) is 2. The summed E-state index contributed by atoms with van der Waals surface area (Å²) in [5, 5.41) is 3.38. The van der Waals surface area contributed by atoms with E-state index >= 15 is 0 Å². The van der Waals surface area contributed by atoms with Gasteiger partial charge in [0.25, 0.3) is 0 Å². The van der Waals surface area contributed by atoms with E-state index < -0.39 is 10.0 Å². The van der Waals surface area contributed by atoms with Gasteiger partial charge in [-0.3, -0.25) is 14.7 Å². The van der Waals surface area contributed by atoms with E-state index in [-0.39, 0.29) is 12.4 Å². The minimum atomic E-state index is -3.56. The second-order valence-corrected chi connectivity index (χ2v) is 10.5. The molecule has 0 aliphatic heterocycles. The van der Waals surface area contributed by atoms with Crippen LogP contribution in [0.15, 0.2) is 67.1 Å². The number of rotatable bonds is 10. The van der Waals surface area contributed by atoms with Crippen LogP contribution in [0, 0.1) is 0 Å². The van der Waals surface area contributed by atoms with Crippen molar-refractivity contribution in [3.63, 3.8) is 0 Å². The van der Waals surface area contributed by atoms with Crippen LogP contribution in [0.2, 0.25) is 5.02 Å². The summed E-state index contributed by atoms with van der Waals surface area (Å²) >= 11 is 12.8. The highest BCUT2D eigenvalue weighted by molar-refractivity contribution is 8.23. The van der Waals surface area contributed by atoms with Gasteiger partial charge in [-0.25, -0.2) is 8.42 Å². The van der Waals surface area contributed by atoms with Crippen molar-refractivity contribution < 1.29 is 13.2 Å². The molecule has 2 N–H and O–H groups in total. The minimum absolute atomic E-state index is 0.0953. The van der Waals surface area contributed by atoms with Gasteiger partial charge in [0.2, 0.25) is 10.0 Å². The van der Waals surface area contributed by atoms with Crippen LogP contribution in [0.3, 0.4) is 0 Å². The Morgan fingerprint density at radius 3 is 2.75 bits per heavy atom. The largest absolute Gasteiger partial charge is 0.486 e. The normalized spacial score (nSPS) is 11.0. The van der Waals surface area contributed by atoms with Gasteiger partial charge in [0, 0.05) is 30.9 Å². The number of halogens is 1. The summed E-state index contributed by atoms with van der Waals surface area (Å²) < 4.78 is 33.5. The maximum atomic E-state index is 12.4. The lowest BCUT2D eigenvalue weighted by Crippen LogP contribution is -2.22. The fourth-order valence-corrected chi connectivity index (χ4v) is 5.24. The van der Waals surface area contributed by atoms with E-state index in [4.69, 9.17) is 28.6 Å². The van der Waals surface area contributed by atoms with Crippen molar-refractivity contribution in [1.82, 2.24) is 15.3 Å². The maximum Gasteiger partial charge on any atom is 0.233 e. The number of hydrogen-bond acceptors (Lipinski definition) is 7. The van der Waals surface area contributed by atoms with Crippen LogP contribution < -0.4 is 14.8 Å². The van der Waals surface area contributed by atoms with Crippen LogP contribution >= 0.6 is 35.6 Å². The highest BCUT2D eigenvalue weighted by Gasteiger charge is 2.13. The zero-order valence-electron chi connectivity index (χ0n) is 16.9. The van der Waals surface area contributed by atoms with E-state index in [0.717, 1.165) is 11.3 Å². The number of aromatic nitrogens is 2. The van der Waals surface area contributed by atoms with E-state index in [1.807, 2.05) is 30.3 Å². The molecule has 0 aliphatic carbocycles. The molecule has 0 saturated carbocycles. The maximum absolute atomic E-state index is 12.4. The van der Waals surface area contributed by atoms with Gasteiger partial charge in [0.15, 0.2) is 0 Å². The molecule has 0 unspecified atom stereocenters. The molecule has 168 valence electrons. The smallest absolute Gasteiger partial charge is 0.233 e. The molecule has 0 atom stereocenters. The van der Waals surface area contributed by atoms with Gasteiger partial charge in [0.1, 0.15) is 16.7 Å². The second kappa shape index (κ2) is 12.0. The summed E-state index contributed by atoms with van der Waals surface area (Å²) in [6.45, 7) is 0.801. The molecular formula is C21H21ClN4O3S3. The first kappa shape index (κ1) is 24.2. The molecule has 0 bridgehead atoms. The SMILES string of the molecule is O=S(=O)(CCSC(=S)NCc1cccnc1)Nc1ccc(OCc2ccccn2)c(Cl)c1. The molecule has 0 radical (unpaired) electrons. The number of sulfonamides is 1. The van der Waals surface area contributed by atoms with Crippen molar-refractivity contribution in [3.8, 4) is 5.75 Å². The van der Waals surface area contributed by atoms with E-state index in [1.54, 1.807) is 30.7 Å². The lowest BCUT2D eigenvalue weighted by molar-refractivity contribution is 0.301. The fraction of sp³-hybridized carbons (Fsp3) is 0.190. The number of thioether (sulfide) groups is 1. The van der Waals surface area contributed by atoms with Crippen molar-refractivity contribution in [1.29, 1.82) is 0 Å². The standard InChI is InChI=1S/C21H21ClN4O3S3/c22-19-12-17(6-7-20(19)29-15-18-5-1-2-9-24-18)26-32(27,28)11-10-31-21(30)25-14-16-4-3-8-23-13-16/h1-9,12-13,26H,10-11,14-15H2,(H,25,30). The fourth-order valence-electron chi connectivity index (χ4n) is 2.52. The van der Waals surface area contributed by atoms with Gasteiger partial charge in [0.05, 0.1) is 22.2 Å². The predicted octanol–water partition coefficient (Wildman–Crippen LogP) is 4.26. The molecule has 0 amide bonds. The number of hydrogen-bond donors (Lipinski definition) is 2. The number of thiocarbonyl (C=S) groups is 1. The van der Waals surface area contributed by atoms with E-state index in [1.165, 1.54) is 17.8 Å². The summed E-state index contributed by atoms with van der Waals surface area (Å²) in [7, 11) is -3.56. The highest BCUT2D eigenvalue weighted by Crippen LogP contribution is 2.28. The highest BCUT2D eigenvalue weighted by atomic mass is 35.5. The molecule has 1 aromatic carbocycles. The van der Waals surface area contributed by atoms with Crippen LogP contribution in [0.1, 0.15) is 11.3 Å². The van der Waals surface area contributed by atoms with Gasteiger partial charge >= 0.3 is 0 Å². The third-order valence-electron chi connectivity index (χ3n) is 4.05. The van der Waals surface area contributed by atoms with Crippen LogP contribution in [0.5, 0.6) is 5.75 Å². The topological polar surface area (TPSA) is 93.2 Å². The zero-order chi connectivity index (χ0) is 22.8. The monoisotopic (exact) mass is 508 g/mol. The van der Waals surface area contributed by atoms with Crippen LogP contribution in [0.25, 0.3) is 0 Å². The van der Waals surface area contributed by atoms with E-state index in [0.29, 0.717) is 33.1 Å². The number of nitrogens with one attached hydrogen (secondary N) is 2. The number of ether oxygens (including phenoxy) is 1. The third kappa shape index (κ3) is 8.27. The van der Waals surface area contributed by atoms with Crippen molar-refractivity contribution in [2.45, 2.75) is 13.2 Å². The average molecular weight is 509 g/mol. The molecule has 0 saturated heterocycles. The molecule has 0 fully saturated rings. The van der Waals surface area contributed by atoms with Gasteiger partial charge in [-0.2, -0.15) is 0 Å². The molecule has 32 heavy (non-hydrogen) atoms. The quantitative estimate of drug-likeness (QED) is 0.392. The molecule has 0 aliphatic rings. The number of benzene rings is 1. The van der Waals surface area contributed by atoms with Crippen molar-refractivity contribution in [2.24, 2.45) is 0 Å². The third-order valence-corrected chi connectivity index (χ3v) is 7.21. The Bertz CT molecular complexity index is 1130. The molecule has 0 spiro atoms. The molecular weight excluding hydrogens is 488 g/mol. The summed E-state index contributed by atoms with van der Waals surface area (Å²) in [6, 6.07) is 14.0. The Morgan fingerprint density at radius 1 is 1.16 bits per heavy atom. The summed E-state index contributed by atoms with van der Waals surface area (Å²) in [5.41, 5.74) is 2.12.